The summed E-state index contributed by atoms with van der Waals surface area (Å²) < 4.78 is 0. The summed E-state index contributed by atoms with van der Waals surface area (Å²) in [5.41, 5.74) is 11.5. The number of hydrogen-bond donors (Lipinski definition) is 1. The highest BCUT2D eigenvalue weighted by molar-refractivity contribution is 5.70. The first-order valence-electron chi connectivity index (χ1n) is 5.23. The second-order valence-corrected chi connectivity index (χ2v) is 4.10. The van der Waals surface area contributed by atoms with Gasteiger partial charge in [0, 0.05) is 18.0 Å². The molecule has 0 saturated carbocycles. The van der Waals surface area contributed by atoms with E-state index in [1.54, 1.807) is 12.4 Å². The highest BCUT2D eigenvalue weighted by Gasteiger charge is 2.07. The lowest BCUT2D eigenvalue weighted by Crippen LogP contribution is -1.96. The topological polar surface area (TPSA) is 51.8 Å². The van der Waals surface area contributed by atoms with E-state index in [1.807, 2.05) is 0 Å². The summed E-state index contributed by atoms with van der Waals surface area (Å²) in [7, 11) is 0. The Morgan fingerprint density at radius 3 is 1.94 bits per heavy atom. The van der Waals surface area contributed by atoms with Crippen LogP contribution in [0, 0.1) is 20.8 Å². The third-order valence-corrected chi connectivity index (χ3v) is 2.64. The van der Waals surface area contributed by atoms with E-state index in [2.05, 4.69) is 42.9 Å². The Kier molecular flexibility index (Phi) is 2.60. The molecule has 0 unspecified atom stereocenters. The molecule has 1 aromatic carbocycles. The summed E-state index contributed by atoms with van der Waals surface area (Å²) in [4.78, 5) is 8.05. The van der Waals surface area contributed by atoms with Crippen LogP contribution in [0.1, 0.15) is 16.7 Å². The summed E-state index contributed by atoms with van der Waals surface area (Å²) in [6.45, 7) is 6.31. The molecule has 82 valence electrons. The Morgan fingerprint density at radius 2 is 1.44 bits per heavy atom. The number of nitrogens with zero attached hydrogens (tertiary/aromatic N) is 2. The normalized spacial score (nSPS) is 10.4. The Morgan fingerprint density at radius 1 is 0.938 bits per heavy atom. The van der Waals surface area contributed by atoms with Crippen LogP contribution in [0.25, 0.3) is 11.1 Å². The number of benzene rings is 1. The molecule has 0 aliphatic heterocycles. The number of aromatic nitrogens is 2. The maximum Gasteiger partial charge on any atom is 0.219 e. The van der Waals surface area contributed by atoms with E-state index >= 15 is 0 Å². The second kappa shape index (κ2) is 3.93. The van der Waals surface area contributed by atoms with Gasteiger partial charge in [-0.2, -0.15) is 0 Å². The summed E-state index contributed by atoms with van der Waals surface area (Å²) in [6, 6.07) is 4.33. The summed E-state index contributed by atoms with van der Waals surface area (Å²) >= 11 is 0. The van der Waals surface area contributed by atoms with Crippen LogP contribution in [0.15, 0.2) is 24.5 Å². The predicted octanol–water partition coefficient (Wildman–Crippen LogP) is 2.65. The van der Waals surface area contributed by atoms with E-state index in [9.17, 15) is 0 Å². The number of rotatable bonds is 1. The van der Waals surface area contributed by atoms with Crippen LogP contribution in [0.3, 0.4) is 0 Å². The average Bonchev–Trinajstić information content (AvgIpc) is 2.19. The van der Waals surface area contributed by atoms with E-state index in [-0.39, 0.29) is 0 Å². The van der Waals surface area contributed by atoms with E-state index in [4.69, 9.17) is 5.73 Å². The van der Waals surface area contributed by atoms with Crippen LogP contribution in [-0.2, 0) is 0 Å². The Balaban J connectivity index is 2.60. The van der Waals surface area contributed by atoms with Crippen molar-refractivity contribution in [2.45, 2.75) is 20.8 Å². The predicted molar refractivity (Wildman–Crippen MR) is 66.1 cm³/mol. The second-order valence-electron chi connectivity index (χ2n) is 4.10. The Labute approximate surface area is 95.4 Å². The van der Waals surface area contributed by atoms with Gasteiger partial charge in [0.2, 0.25) is 5.95 Å². The summed E-state index contributed by atoms with van der Waals surface area (Å²) in [5, 5.41) is 0. The maximum atomic E-state index is 5.48. The lowest BCUT2D eigenvalue weighted by molar-refractivity contribution is 1.18. The van der Waals surface area contributed by atoms with Crippen LogP contribution in [0.5, 0.6) is 0 Å². The lowest BCUT2D eigenvalue weighted by Gasteiger charge is -2.10. The van der Waals surface area contributed by atoms with Gasteiger partial charge < -0.3 is 5.73 Å². The molecular formula is C13H15N3. The molecule has 0 fully saturated rings. The molecule has 0 spiro atoms. The van der Waals surface area contributed by atoms with Crippen LogP contribution >= 0.6 is 0 Å². The van der Waals surface area contributed by atoms with E-state index in [0.29, 0.717) is 5.95 Å². The highest BCUT2D eigenvalue weighted by atomic mass is 15.0. The molecule has 0 aliphatic rings. The van der Waals surface area contributed by atoms with Crippen molar-refractivity contribution in [3.05, 3.63) is 41.2 Å². The number of aryl methyl sites for hydroxylation is 3. The van der Waals surface area contributed by atoms with Crippen LogP contribution in [-0.4, -0.2) is 9.97 Å². The fraction of sp³-hybridized carbons (Fsp3) is 0.231. The van der Waals surface area contributed by atoms with Gasteiger partial charge in [-0.15, -0.1) is 0 Å². The minimum absolute atomic E-state index is 0.311. The molecule has 3 nitrogen and oxygen atoms in total. The molecular weight excluding hydrogens is 198 g/mol. The van der Waals surface area contributed by atoms with Gasteiger partial charge in [0.25, 0.3) is 0 Å². The SMILES string of the molecule is Cc1cc(C)c(-c2cnc(N)nc2)c(C)c1. The molecule has 2 N–H and O–H groups in total. The minimum atomic E-state index is 0.311. The van der Waals surface area contributed by atoms with Gasteiger partial charge in [-0.25, -0.2) is 9.97 Å². The molecule has 0 saturated heterocycles. The van der Waals surface area contributed by atoms with E-state index in [0.717, 1.165) is 5.56 Å². The van der Waals surface area contributed by atoms with Gasteiger partial charge in [-0.1, -0.05) is 17.7 Å². The molecule has 0 bridgehead atoms. The molecule has 1 heterocycles. The minimum Gasteiger partial charge on any atom is -0.368 e. The average molecular weight is 213 g/mol. The van der Waals surface area contributed by atoms with Gasteiger partial charge in [-0.05, 0) is 37.5 Å². The van der Waals surface area contributed by atoms with Crippen LogP contribution in [0.4, 0.5) is 5.95 Å². The van der Waals surface area contributed by atoms with Crippen molar-refractivity contribution in [1.29, 1.82) is 0 Å². The molecule has 2 rings (SSSR count). The molecule has 0 amide bonds. The van der Waals surface area contributed by atoms with E-state index in [1.165, 1.54) is 22.3 Å². The van der Waals surface area contributed by atoms with Crippen molar-refractivity contribution in [2.75, 3.05) is 5.73 Å². The molecule has 1 aromatic heterocycles. The standard InChI is InChI=1S/C13H15N3/c1-8-4-9(2)12(10(3)5-8)11-6-15-13(14)16-7-11/h4-7H,1-3H3,(H2,14,15,16). The first-order valence-corrected chi connectivity index (χ1v) is 5.23. The number of hydrogen-bond acceptors (Lipinski definition) is 3. The molecule has 3 heteroatoms. The van der Waals surface area contributed by atoms with Crippen molar-refractivity contribution in [1.82, 2.24) is 9.97 Å². The zero-order valence-corrected chi connectivity index (χ0v) is 9.78. The van der Waals surface area contributed by atoms with E-state index < -0.39 is 0 Å². The third-order valence-electron chi connectivity index (χ3n) is 2.64. The van der Waals surface area contributed by atoms with Gasteiger partial charge in [0.1, 0.15) is 0 Å². The largest absolute Gasteiger partial charge is 0.368 e. The molecule has 0 atom stereocenters. The fourth-order valence-corrected chi connectivity index (χ4v) is 2.10. The third kappa shape index (κ3) is 1.89. The maximum absolute atomic E-state index is 5.48. The van der Waals surface area contributed by atoms with Crippen molar-refractivity contribution >= 4 is 5.95 Å². The first-order chi connectivity index (χ1) is 7.58. The Hall–Kier alpha value is -1.90. The Bertz CT molecular complexity index is 492. The fourth-order valence-electron chi connectivity index (χ4n) is 2.10. The highest BCUT2D eigenvalue weighted by Crippen LogP contribution is 2.27. The van der Waals surface area contributed by atoms with Gasteiger partial charge in [0.15, 0.2) is 0 Å². The number of nitrogen functional groups attached to an aromatic ring is 1. The molecule has 0 radical (unpaired) electrons. The quantitative estimate of drug-likeness (QED) is 0.792. The molecule has 0 aliphatic carbocycles. The van der Waals surface area contributed by atoms with Crippen LogP contribution in [0.2, 0.25) is 0 Å². The van der Waals surface area contributed by atoms with Gasteiger partial charge in [-0.3, -0.25) is 0 Å². The van der Waals surface area contributed by atoms with Crippen molar-refractivity contribution in [3.8, 4) is 11.1 Å². The van der Waals surface area contributed by atoms with Crippen molar-refractivity contribution < 1.29 is 0 Å². The smallest absolute Gasteiger partial charge is 0.219 e. The number of nitrogens with two attached hydrogens (primary N) is 1. The molecule has 2 aromatic rings. The monoisotopic (exact) mass is 213 g/mol. The summed E-state index contributed by atoms with van der Waals surface area (Å²) in [5.74, 6) is 0.311. The van der Waals surface area contributed by atoms with Gasteiger partial charge >= 0.3 is 0 Å². The van der Waals surface area contributed by atoms with Gasteiger partial charge in [0.05, 0.1) is 0 Å². The van der Waals surface area contributed by atoms with Crippen LogP contribution < -0.4 is 5.73 Å². The first kappa shape index (κ1) is 10.6. The number of anilines is 1. The summed E-state index contributed by atoms with van der Waals surface area (Å²) in [6.07, 6.45) is 3.54. The zero-order chi connectivity index (χ0) is 11.7. The van der Waals surface area contributed by atoms with Crippen molar-refractivity contribution in [3.63, 3.8) is 0 Å². The lowest BCUT2D eigenvalue weighted by atomic mass is 9.96. The van der Waals surface area contributed by atoms with Crippen molar-refractivity contribution in [2.24, 2.45) is 0 Å². The zero-order valence-electron chi connectivity index (χ0n) is 9.78. The molecule has 16 heavy (non-hydrogen) atoms.